The van der Waals surface area contributed by atoms with E-state index in [0.717, 1.165) is 42.9 Å². The van der Waals surface area contributed by atoms with Crippen molar-refractivity contribution >= 4 is 23.4 Å². The Bertz CT molecular complexity index is 864. The molecule has 6 rings (SSSR count). The average Bonchev–Trinajstić information content (AvgIpc) is 3.12. The highest BCUT2D eigenvalue weighted by molar-refractivity contribution is 8.00. The highest BCUT2D eigenvalue weighted by atomic mass is 32.2. The van der Waals surface area contributed by atoms with E-state index in [2.05, 4.69) is 15.5 Å². The van der Waals surface area contributed by atoms with Gasteiger partial charge in [0.2, 0.25) is 11.8 Å². The third-order valence-corrected chi connectivity index (χ3v) is 7.61. The molecule has 4 fully saturated rings. The van der Waals surface area contributed by atoms with E-state index in [9.17, 15) is 9.18 Å². The van der Waals surface area contributed by atoms with Crippen LogP contribution in [0.25, 0.3) is 0 Å². The van der Waals surface area contributed by atoms with Crippen LogP contribution < -0.4 is 5.32 Å². The minimum atomic E-state index is -0.468. The van der Waals surface area contributed by atoms with Crippen molar-refractivity contribution < 1.29 is 13.6 Å². The number of aromatic nitrogens is 2. The lowest BCUT2D eigenvalue weighted by molar-refractivity contribution is -0.115. The number of carbonyl (C=O) groups is 1. The van der Waals surface area contributed by atoms with Crippen LogP contribution in [0.15, 0.2) is 33.9 Å². The first-order valence-electron chi connectivity index (χ1n) is 10.1. The number of amides is 1. The van der Waals surface area contributed by atoms with E-state index in [1.165, 1.54) is 37.1 Å². The van der Waals surface area contributed by atoms with Crippen molar-refractivity contribution in [3.63, 3.8) is 0 Å². The summed E-state index contributed by atoms with van der Waals surface area (Å²) in [5.74, 6) is 2.44. The van der Waals surface area contributed by atoms with Gasteiger partial charge in [0.15, 0.2) is 0 Å². The second-order valence-corrected chi connectivity index (χ2v) is 10.1. The van der Waals surface area contributed by atoms with Gasteiger partial charge in [0.05, 0.1) is 10.9 Å². The zero-order valence-corrected chi connectivity index (χ0v) is 16.7. The monoisotopic (exact) mass is 401 g/mol. The van der Waals surface area contributed by atoms with E-state index in [1.54, 1.807) is 25.1 Å². The maximum Gasteiger partial charge on any atom is 0.277 e. The fourth-order valence-electron chi connectivity index (χ4n) is 5.85. The van der Waals surface area contributed by atoms with Gasteiger partial charge in [-0.15, -0.1) is 10.2 Å². The highest BCUT2D eigenvalue weighted by Gasteiger charge is 2.54. The Morgan fingerprint density at radius 3 is 2.46 bits per heavy atom. The molecule has 4 bridgehead atoms. The second kappa shape index (κ2) is 6.87. The largest absolute Gasteiger partial charge is 0.415 e. The zero-order chi connectivity index (χ0) is 19.3. The van der Waals surface area contributed by atoms with Crippen molar-refractivity contribution in [1.29, 1.82) is 0 Å². The van der Waals surface area contributed by atoms with E-state index in [4.69, 9.17) is 4.42 Å². The molecule has 28 heavy (non-hydrogen) atoms. The molecule has 148 valence electrons. The summed E-state index contributed by atoms with van der Waals surface area (Å²) in [4.78, 5) is 12.4. The summed E-state index contributed by atoms with van der Waals surface area (Å²) in [6, 6.07) is 6.14. The molecule has 4 aliphatic rings. The molecule has 1 amide bonds. The number of anilines is 1. The Kier molecular flexibility index (Phi) is 4.45. The summed E-state index contributed by atoms with van der Waals surface area (Å²) in [7, 11) is 0. The number of hydrogen-bond acceptors (Lipinski definition) is 5. The minimum absolute atomic E-state index is 0.0548. The van der Waals surface area contributed by atoms with Crippen molar-refractivity contribution in [3.8, 4) is 0 Å². The van der Waals surface area contributed by atoms with Gasteiger partial charge in [0.25, 0.3) is 5.22 Å². The van der Waals surface area contributed by atoms with Crippen LogP contribution in [0, 0.1) is 23.6 Å². The van der Waals surface area contributed by atoms with Crippen LogP contribution in [0.5, 0.6) is 0 Å². The third-order valence-electron chi connectivity index (χ3n) is 6.68. The summed E-state index contributed by atoms with van der Waals surface area (Å²) in [5.41, 5.74) is 0.235. The first kappa shape index (κ1) is 18.2. The van der Waals surface area contributed by atoms with Gasteiger partial charge in [0.1, 0.15) is 5.82 Å². The Labute approximate surface area is 167 Å². The predicted molar refractivity (Wildman–Crippen MR) is 104 cm³/mol. The maximum absolute atomic E-state index is 13.7. The van der Waals surface area contributed by atoms with E-state index >= 15 is 0 Å². The number of rotatable bonds is 5. The fraction of sp³-hybridized carbons (Fsp3) is 0.571. The molecule has 1 N–H and O–H groups in total. The number of hydrogen-bond donors (Lipinski definition) is 1. The molecule has 4 aliphatic carbocycles. The van der Waals surface area contributed by atoms with Crippen molar-refractivity contribution in [1.82, 2.24) is 10.2 Å². The summed E-state index contributed by atoms with van der Waals surface area (Å²) in [6.45, 7) is 1.76. The Hall–Kier alpha value is -1.89. The van der Waals surface area contributed by atoms with Gasteiger partial charge >= 0.3 is 0 Å². The standard InChI is InChI=1S/C21H24FN3O2S/c1-12(18(26)23-17-5-3-2-4-16(17)22)28-20-25-24-19(27-20)21-9-13-6-14(10-21)8-15(7-13)11-21/h2-5,12-15H,6-11H2,1H3,(H,23,26)/t12-,13?,14?,15?,21?/m0/s1. The molecule has 5 nitrogen and oxygen atoms in total. The molecule has 0 unspecified atom stereocenters. The number of para-hydroxylation sites is 1. The molecule has 0 aliphatic heterocycles. The van der Waals surface area contributed by atoms with Crippen molar-refractivity contribution in [3.05, 3.63) is 36.0 Å². The van der Waals surface area contributed by atoms with E-state index < -0.39 is 11.1 Å². The third kappa shape index (κ3) is 3.23. The van der Waals surface area contributed by atoms with Crippen LogP contribution in [0.4, 0.5) is 10.1 Å². The van der Waals surface area contributed by atoms with E-state index in [1.807, 2.05) is 0 Å². The highest BCUT2D eigenvalue weighted by Crippen LogP contribution is 2.60. The van der Waals surface area contributed by atoms with Gasteiger partial charge < -0.3 is 9.73 Å². The molecule has 2 aromatic rings. The van der Waals surface area contributed by atoms with E-state index in [-0.39, 0.29) is 17.0 Å². The van der Waals surface area contributed by atoms with Gasteiger partial charge in [-0.2, -0.15) is 0 Å². The van der Waals surface area contributed by atoms with Gasteiger partial charge in [-0.1, -0.05) is 23.9 Å². The number of benzene rings is 1. The van der Waals surface area contributed by atoms with E-state index in [0.29, 0.717) is 5.22 Å². The molecule has 7 heteroatoms. The van der Waals surface area contributed by atoms with Crippen molar-refractivity contribution in [2.45, 2.75) is 61.3 Å². The molecule has 1 aromatic heterocycles. The average molecular weight is 402 g/mol. The van der Waals surface area contributed by atoms with Crippen molar-refractivity contribution in [2.24, 2.45) is 17.8 Å². The Morgan fingerprint density at radius 1 is 1.18 bits per heavy atom. The van der Waals surface area contributed by atoms with Gasteiger partial charge in [-0.3, -0.25) is 4.79 Å². The van der Waals surface area contributed by atoms with Crippen LogP contribution in [-0.4, -0.2) is 21.4 Å². The molecule has 1 heterocycles. The molecular formula is C21H24FN3O2S. The first-order valence-corrected chi connectivity index (χ1v) is 10.9. The first-order chi connectivity index (χ1) is 13.5. The zero-order valence-electron chi connectivity index (χ0n) is 15.9. The van der Waals surface area contributed by atoms with Gasteiger partial charge in [-0.05, 0) is 75.3 Å². The van der Waals surface area contributed by atoms with Crippen LogP contribution >= 0.6 is 11.8 Å². The molecule has 0 radical (unpaired) electrons. The molecule has 0 saturated heterocycles. The SMILES string of the molecule is C[C@H](Sc1nnc(C23CC4CC(CC(C4)C2)C3)o1)C(=O)Nc1ccccc1F. The quantitative estimate of drug-likeness (QED) is 0.729. The van der Waals surface area contributed by atoms with Gasteiger partial charge in [0, 0.05) is 5.41 Å². The molecular weight excluding hydrogens is 377 g/mol. The van der Waals surface area contributed by atoms with Gasteiger partial charge in [-0.25, -0.2) is 4.39 Å². The topological polar surface area (TPSA) is 68.0 Å². The van der Waals surface area contributed by atoms with Crippen LogP contribution in [0.3, 0.4) is 0 Å². The maximum atomic E-state index is 13.7. The smallest absolute Gasteiger partial charge is 0.277 e. The summed E-state index contributed by atoms with van der Waals surface area (Å²) >= 11 is 1.23. The lowest BCUT2D eigenvalue weighted by Crippen LogP contribution is -2.48. The number of thioether (sulfide) groups is 1. The summed E-state index contributed by atoms with van der Waals surface area (Å²) in [5, 5.41) is 11.2. The molecule has 1 atom stereocenters. The number of halogens is 1. The number of nitrogens with one attached hydrogen (secondary N) is 1. The Balaban J connectivity index is 1.27. The normalized spacial score (nSPS) is 31.7. The Morgan fingerprint density at radius 2 is 1.82 bits per heavy atom. The predicted octanol–water partition coefficient (Wildman–Crippen LogP) is 4.80. The second-order valence-electron chi connectivity index (χ2n) is 8.80. The van der Waals surface area contributed by atoms with Crippen LogP contribution in [-0.2, 0) is 10.2 Å². The number of nitrogens with zero attached hydrogens (tertiary/aromatic N) is 2. The molecule has 1 aromatic carbocycles. The molecule has 0 spiro atoms. The lowest BCUT2D eigenvalue weighted by Gasteiger charge is -2.55. The van der Waals surface area contributed by atoms with Crippen LogP contribution in [0.1, 0.15) is 51.3 Å². The summed E-state index contributed by atoms with van der Waals surface area (Å²) < 4.78 is 19.8. The molecule has 4 saturated carbocycles. The van der Waals surface area contributed by atoms with Crippen molar-refractivity contribution in [2.75, 3.05) is 5.32 Å². The summed E-state index contributed by atoms with van der Waals surface area (Å²) in [6.07, 6.45) is 7.57. The lowest BCUT2D eigenvalue weighted by atomic mass is 9.49. The minimum Gasteiger partial charge on any atom is -0.415 e. The number of carbonyl (C=O) groups excluding carboxylic acids is 1. The fourth-order valence-corrected chi connectivity index (χ4v) is 6.53. The van der Waals surface area contributed by atoms with Crippen LogP contribution in [0.2, 0.25) is 0 Å².